The van der Waals surface area contributed by atoms with Gasteiger partial charge >= 0.3 is 0 Å². The Kier molecular flexibility index (Phi) is 5.96. The van der Waals surface area contributed by atoms with Crippen molar-refractivity contribution in [2.45, 2.75) is 6.04 Å². The van der Waals surface area contributed by atoms with E-state index in [1.165, 1.54) is 30.3 Å². The molecule has 1 saturated heterocycles. The Labute approximate surface area is 152 Å². The van der Waals surface area contributed by atoms with Crippen molar-refractivity contribution in [3.05, 3.63) is 71.3 Å². The standard InChI is InChI=1S/C20H23F2N3O/c1-24-9-11-25(12-10-24)19(15-5-7-17(21)8-6-15)14-23-20(26)16-3-2-4-18(22)13-16/h2-8,13,19H,9-12,14H2,1H3,(H,23,26). The second-order valence-electron chi connectivity index (χ2n) is 6.63. The number of benzene rings is 2. The van der Waals surface area contributed by atoms with Crippen molar-refractivity contribution in [2.75, 3.05) is 39.8 Å². The zero-order valence-corrected chi connectivity index (χ0v) is 14.8. The highest BCUT2D eigenvalue weighted by atomic mass is 19.1. The van der Waals surface area contributed by atoms with E-state index in [1.54, 1.807) is 18.2 Å². The highest BCUT2D eigenvalue weighted by Crippen LogP contribution is 2.22. The van der Waals surface area contributed by atoms with E-state index < -0.39 is 5.82 Å². The molecule has 4 nitrogen and oxygen atoms in total. The number of halogens is 2. The van der Waals surface area contributed by atoms with Crippen molar-refractivity contribution in [1.82, 2.24) is 15.1 Å². The molecule has 0 bridgehead atoms. The summed E-state index contributed by atoms with van der Waals surface area (Å²) in [7, 11) is 2.08. The second-order valence-corrected chi connectivity index (χ2v) is 6.63. The number of hydrogen-bond acceptors (Lipinski definition) is 3. The zero-order chi connectivity index (χ0) is 18.5. The Morgan fingerprint density at radius 2 is 1.73 bits per heavy atom. The number of hydrogen-bond donors (Lipinski definition) is 1. The summed E-state index contributed by atoms with van der Waals surface area (Å²) >= 11 is 0. The number of likely N-dealkylation sites (N-methyl/N-ethyl adjacent to an activating group) is 1. The summed E-state index contributed by atoms with van der Waals surface area (Å²) in [6, 6.07) is 12.0. The van der Waals surface area contributed by atoms with Crippen LogP contribution in [0.15, 0.2) is 48.5 Å². The number of amides is 1. The van der Waals surface area contributed by atoms with E-state index in [0.717, 1.165) is 31.7 Å². The van der Waals surface area contributed by atoms with Crippen molar-refractivity contribution in [2.24, 2.45) is 0 Å². The van der Waals surface area contributed by atoms with E-state index >= 15 is 0 Å². The van der Waals surface area contributed by atoms with Crippen LogP contribution in [0.1, 0.15) is 22.0 Å². The normalized spacial score (nSPS) is 17.0. The molecule has 1 amide bonds. The van der Waals surface area contributed by atoms with Crippen LogP contribution >= 0.6 is 0 Å². The molecule has 6 heteroatoms. The molecule has 0 saturated carbocycles. The first-order valence-electron chi connectivity index (χ1n) is 8.75. The smallest absolute Gasteiger partial charge is 0.251 e. The molecule has 0 aromatic heterocycles. The Morgan fingerprint density at radius 1 is 1.04 bits per heavy atom. The van der Waals surface area contributed by atoms with Gasteiger partial charge in [0.1, 0.15) is 11.6 Å². The third-order valence-corrected chi connectivity index (χ3v) is 4.78. The summed E-state index contributed by atoms with van der Waals surface area (Å²) in [4.78, 5) is 16.9. The molecule has 1 aliphatic rings. The Balaban J connectivity index is 1.73. The summed E-state index contributed by atoms with van der Waals surface area (Å²) in [6.07, 6.45) is 0. The van der Waals surface area contributed by atoms with Crippen LogP contribution in [0, 0.1) is 11.6 Å². The van der Waals surface area contributed by atoms with Crippen LogP contribution in [0.3, 0.4) is 0 Å². The van der Waals surface area contributed by atoms with Crippen molar-refractivity contribution < 1.29 is 13.6 Å². The Hall–Kier alpha value is -2.31. The minimum Gasteiger partial charge on any atom is -0.350 e. The second kappa shape index (κ2) is 8.38. The van der Waals surface area contributed by atoms with Gasteiger partial charge in [0, 0.05) is 38.3 Å². The van der Waals surface area contributed by atoms with Crippen LogP contribution in [-0.4, -0.2) is 55.5 Å². The molecule has 1 aliphatic heterocycles. The molecule has 3 rings (SSSR count). The first-order chi connectivity index (χ1) is 12.5. The first-order valence-corrected chi connectivity index (χ1v) is 8.75. The molecule has 1 unspecified atom stereocenters. The predicted octanol–water partition coefficient (Wildman–Crippen LogP) is 2.68. The minimum atomic E-state index is -0.438. The van der Waals surface area contributed by atoms with Gasteiger partial charge in [-0.3, -0.25) is 9.69 Å². The molecule has 2 aromatic carbocycles. The van der Waals surface area contributed by atoms with Crippen molar-refractivity contribution in [3.63, 3.8) is 0 Å². The maximum Gasteiger partial charge on any atom is 0.251 e. The van der Waals surface area contributed by atoms with Crippen molar-refractivity contribution in [3.8, 4) is 0 Å². The van der Waals surface area contributed by atoms with Crippen LogP contribution in [0.25, 0.3) is 0 Å². The van der Waals surface area contributed by atoms with Gasteiger partial charge in [-0.05, 0) is 42.9 Å². The maximum absolute atomic E-state index is 13.3. The average Bonchev–Trinajstić information content (AvgIpc) is 2.64. The Bertz CT molecular complexity index is 743. The third kappa shape index (κ3) is 4.65. The average molecular weight is 359 g/mol. The van der Waals surface area contributed by atoms with Gasteiger partial charge in [-0.25, -0.2) is 8.78 Å². The van der Waals surface area contributed by atoms with E-state index in [-0.39, 0.29) is 17.8 Å². The van der Waals surface area contributed by atoms with Gasteiger partial charge < -0.3 is 10.2 Å². The quantitative estimate of drug-likeness (QED) is 0.892. The van der Waals surface area contributed by atoms with Gasteiger partial charge in [0.25, 0.3) is 5.91 Å². The third-order valence-electron chi connectivity index (χ3n) is 4.78. The number of nitrogens with one attached hydrogen (secondary N) is 1. The van der Waals surface area contributed by atoms with Crippen LogP contribution in [-0.2, 0) is 0 Å². The predicted molar refractivity (Wildman–Crippen MR) is 96.9 cm³/mol. The monoisotopic (exact) mass is 359 g/mol. The maximum atomic E-state index is 13.3. The van der Waals surface area contributed by atoms with E-state index in [0.29, 0.717) is 12.1 Å². The van der Waals surface area contributed by atoms with E-state index in [1.807, 2.05) is 0 Å². The summed E-state index contributed by atoms with van der Waals surface area (Å²) < 4.78 is 26.6. The number of piperazine rings is 1. The fourth-order valence-electron chi connectivity index (χ4n) is 3.20. The summed E-state index contributed by atoms with van der Waals surface area (Å²) in [5.74, 6) is -1.03. The van der Waals surface area contributed by atoms with E-state index in [9.17, 15) is 13.6 Å². The SMILES string of the molecule is CN1CCN(C(CNC(=O)c2cccc(F)c2)c2ccc(F)cc2)CC1. The summed E-state index contributed by atoms with van der Waals surface area (Å²) in [5, 5.41) is 2.89. The fraction of sp³-hybridized carbons (Fsp3) is 0.350. The molecule has 0 aliphatic carbocycles. The Morgan fingerprint density at radius 3 is 2.38 bits per heavy atom. The lowest BCUT2D eigenvalue weighted by Gasteiger charge is -2.38. The van der Waals surface area contributed by atoms with Crippen LogP contribution in [0.4, 0.5) is 8.78 Å². The van der Waals surface area contributed by atoms with Gasteiger partial charge in [-0.1, -0.05) is 18.2 Å². The van der Waals surface area contributed by atoms with Crippen molar-refractivity contribution >= 4 is 5.91 Å². The van der Waals surface area contributed by atoms with Gasteiger partial charge in [0.05, 0.1) is 6.04 Å². The molecular formula is C20H23F2N3O. The summed E-state index contributed by atoms with van der Waals surface area (Å²) in [5.41, 5.74) is 1.25. The lowest BCUT2D eigenvalue weighted by molar-refractivity contribution is 0.0885. The van der Waals surface area contributed by atoms with Gasteiger partial charge in [-0.2, -0.15) is 0 Å². The number of carbonyl (C=O) groups excluding carboxylic acids is 1. The van der Waals surface area contributed by atoms with Gasteiger partial charge in [0.15, 0.2) is 0 Å². The fourth-order valence-corrected chi connectivity index (χ4v) is 3.20. The van der Waals surface area contributed by atoms with E-state index in [4.69, 9.17) is 0 Å². The molecule has 1 N–H and O–H groups in total. The largest absolute Gasteiger partial charge is 0.350 e. The first kappa shape index (κ1) is 18.5. The van der Waals surface area contributed by atoms with Gasteiger partial charge in [-0.15, -0.1) is 0 Å². The molecule has 2 aromatic rings. The van der Waals surface area contributed by atoms with Crippen LogP contribution in [0.5, 0.6) is 0 Å². The number of carbonyl (C=O) groups is 1. The molecule has 1 atom stereocenters. The lowest BCUT2D eigenvalue weighted by Crippen LogP contribution is -2.48. The molecule has 1 fully saturated rings. The minimum absolute atomic E-state index is 0.0539. The molecule has 138 valence electrons. The molecule has 0 radical (unpaired) electrons. The number of rotatable bonds is 5. The van der Waals surface area contributed by atoms with E-state index in [2.05, 4.69) is 22.2 Å². The molecule has 0 spiro atoms. The van der Waals surface area contributed by atoms with Crippen LogP contribution in [0.2, 0.25) is 0 Å². The highest BCUT2D eigenvalue weighted by Gasteiger charge is 2.24. The zero-order valence-electron chi connectivity index (χ0n) is 14.8. The highest BCUT2D eigenvalue weighted by molar-refractivity contribution is 5.94. The summed E-state index contributed by atoms with van der Waals surface area (Å²) in [6.45, 7) is 4.00. The lowest BCUT2D eigenvalue weighted by atomic mass is 10.0. The topological polar surface area (TPSA) is 35.6 Å². The molecule has 1 heterocycles. The molecular weight excluding hydrogens is 336 g/mol. The number of nitrogens with zero attached hydrogens (tertiary/aromatic N) is 2. The van der Waals surface area contributed by atoms with Gasteiger partial charge in [0.2, 0.25) is 0 Å². The van der Waals surface area contributed by atoms with Crippen molar-refractivity contribution in [1.29, 1.82) is 0 Å². The van der Waals surface area contributed by atoms with Crippen LogP contribution < -0.4 is 5.32 Å². The molecule has 26 heavy (non-hydrogen) atoms.